The molecular formula is C10H21ClN2O2. The van der Waals surface area contributed by atoms with Crippen molar-refractivity contribution in [3.8, 4) is 0 Å². The average molecular weight is 237 g/mol. The molecule has 1 fully saturated rings. The number of halogens is 1. The number of ether oxygens (including phenoxy) is 1. The van der Waals surface area contributed by atoms with Gasteiger partial charge in [0, 0.05) is 13.1 Å². The summed E-state index contributed by atoms with van der Waals surface area (Å²) in [7, 11) is 0. The van der Waals surface area contributed by atoms with E-state index >= 15 is 0 Å². The number of morpholine rings is 1. The second-order valence-electron chi connectivity index (χ2n) is 4.17. The first-order chi connectivity index (χ1) is 6.61. The fourth-order valence-corrected chi connectivity index (χ4v) is 1.63. The molecule has 5 heteroatoms. The van der Waals surface area contributed by atoms with E-state index in [2.05, 4.69) is 13.8 Å². The first kappa shape index (κ1) is 14.7. The molecule has 90 valence electrons. The molecule has 0 bridgehead atoms. The van der Waals surface area contributed by atoms with Crippen molar-refractivity contribution in [3.05, 3.63) is 0 Å². The Bertz CT molecular complexity index is 194. The minimum Gasteiger partial charge on any atom is -0.378 e. The van der Waals surface area contributed by atoms with Gasteiger partial charge in [-0.05, 0) is 12.3 Å². The van der Waals surface area contributed by atoms with E-state index in [1.807, 2.05) is 0 Å². The van der Waals surface area contributed by atoms with Crippen LogP contribution in [-0.4, -0.2) is 43.2 Å². The molecule has 1 aliphatic rings. The Morgan fingerprint density at radius 2 is 1.93 bits per heavy atom. The maximum Gasteiger partial charge on any atom is 0.239 e. The number of rotatable bonds is 3. The van der Waals surface area contributed by atoms with Crippen molar-refractivity contribution in [2.75, 3.05) is 26.3 Å². The van der Waals surface area contributed by atoms with Crippen LogP contribution in [0.25, 0.3) is 0 Å². The molecule has 2 N–H and O–H groups in total. The van der Waals surface area contributed by atoms with Crippen LogP contribution in [0.2, 0.25) is 0 Å². The molecule has 0 aromatic carbocycles. The largest absolute Gasteiger partial charge is 0.378 e. The number of carbonyl (C=O) groups is 1. The summed E-state index contributed by atoms with van der Waals surface area (Å²) in [6, 6.07) is -0.340. The molecule has 0 unspecified atom stereocenters. The highest BCUT2D eigenvalue weighted by Crippen LogP contribution is 2.07. The Morgan fingerprint density at radius 1 is 1.40 bits per heavy atom. The molecule has 0 saturated carbocycles. The smallest absolute Gasteiger partial charge is 0.239 e. The van der Waals surface area contributed by atoms with Gasteiger partial charge in [0.2, 0.25) is 5.91 Å². The summed E-state index contributed by atoms with van der Waals surface area (Å²) in [6.07, 6.45) is 0.760. The summed E-state index contributed by atoms with van der Waals surface area (Å²) < 4.78 is 5.18. The van der Waals surface area contributed by atoms with Crippen molar-refractivity contribution >= 4 is 18.3 Å². The van der Waals surface area contributed by atoms with Crippen LogP contribution in [0, 0.1) is 5.92 Å². The van der Waals surface area contributed by atoms with Crippen LogP contribution in [0.5, 0.6) is 0 Å². The Kier molecular flexibility index (Phi) is 6.89. The van der Waals surface area contributed by atoms with Gasteiger partial charge in [0.15, 0.2) is 0 Å². The molecule has 0 aromatic rings. The number of amides is 1. The summed E-state index contributed by atoms with van der Waals surface area (Å²) >= 11 is 0. The lowest BCUT2D eigenvalue weighted by Crippen LogP contribution is -2.48. The predicted molar refractivity (Wildman–Crippen MR) is 62.1 cm³/mol. The van der Waals surface area contributed by atoms with Crippen molar-refractivity contribution in [2.45, 2.75) is 26.3 Å². The first-order valence-corrected chi connectivity index (χ1v) is 5.23. The molecule has 0 spiro atoms. The third-order valence-electron chi connectivity index (χ3n) is 2.37. The number of hydrogen-bond donors (Lipinski definition) is 1. The zero-order chi connectivity index (χ0) is 10.6. The minimum atomic E-state index is -0.340. The number of nitrogens with zero attached hydrogens (tertiary/aromatic N) is 1. The fourth-order valence-electron chi connectivity index (χ4n) is 1.63. The molecule has 15 heavy (non-hydrogen) atoms. The highest BCUT2D eigenvalue weighted by atomic mass is 35.5. The predicted octanol–water partition coefficient (Wildman–Crippen LogP) is 0.640. The molecular weight excluding hydrogens is 216 g/mol. The molecule has 1 aliphatic heterocycles. The second-order valence-corrected chi connectivity index (χ2v) is 4.17. The van der Waals surface area contributed by atoms with E-state index < -0.39 is 0 Å². The Labute approximate surface area is 97.5 Å². The molecule has 1 atom stereocenters. The van der Waals surface area contributed by atoms with Gasteiger partial charge in [0.05, 0.1) is 19.3 Å². The van der Waals surface area contributed by atoms with Crippen LogP contribution in [-0.2, 0) is 9.53 Å². The summed E-state index contributed by atoms with van der Waals surface area (Å²) in [6.45, 7) is 6.80. The molecule has 0 aromatic heterocycles. The van der Waals surface area contributed by atoms with Gasteiger partial charge in [-0.2, -0.15) is 0 Å². The fraction of sp³-hybridized carbons (Fsp3) is 0.900. The Hall–Kier alpha value is -0.320. The van der Waals surface area contributed by atoms with Gasteiger partial charge < -0.3 is 15.4 Å². The first-order valence-electron chi connectivity index (χ1n) is 5.23. The van der Waals surface area contributed by atoms with Crippen molar-refractivity contribution in [3.63, 3.8) is 0 Å². The molecule has 0 aliphatic carbocycles. The monoisotopic (exact) mass is 236 g/mol. The van der Waals surface area contributed by atoms with Gasteiger partial charge in [-0.15, -0.1) is 12.4 Å². The zero-order valence-electron chi connectivity index (χ0n) is 9.44. The van der Waals surface area contributed by atoms with Crippen molar-refractivity contribution < 1.29 is 9.53 Å². The molecule has 4 nitrogen and oxygen atoms in total. The van der Waals surface area contributed by atoms with Crippen molar-refractivity contribution in [1.82, 2.24) is 4.90 Å². The van der Waals surface area contributed by atoms with Crippen molar-refractivity contribution in [2.24, 2.45) is 11.7 Å². The van der Waals surface area contributed by atoms with Gasteiger partial charge in [-0.3, -0.25) is 4.79 Å². The summed E-state index contributed by atoms with van der Waals surface area (Å²) in [5.41, 5.74) is 5.82. The Balaban J connectivity index is 0.00000196. The highest BCUT2D eigenvalue weighted by Gasteiger charge is 2.23. The maximum atomic E-state index is 11.8. The molecule has 1 rings (SSSR count). The standard InChI is InChI=1S/C10H20N2O2.ClH/c1-8(2)7-9(11)10(13)12-3-5-14-6-4-12;/h8-9H,3-7,11H2,1-2H3;1H/t9-;/m1./s1. The summed E-state index contributed by atoms with van der Waals surface area (Å²) in [5, 5.41) is 0. The van der Waals surface area contributed by atoms with E-state index in [4.69, 9.17) is 10.5 Å². The van der Waals surface area contributed by atoms with E-state index in [-0.39, 0.29) is 24.4 Å². The van der Waals surface area contributed by atoms with Crippen LogP contribution in [0.4, 0.5) is 0 Å². The maximum absolute atomic E-state index is 11.8. The summed E-state index contributed by atoms with van der Waals surface area (Å²) in [5.74, 6) is 0.539. The van der Waals surface area contributed by atoms with E-state index in [9.17, 15) is 4.79 Å². The molecule has 1 heterocycles. The highest BCUT2D eigenvalue weighted by molar-refractivity contribution is 5.85. The molecule has 1 amide bonds. The normalized spacial score (nSPS) is 18.5. The van der Waals surface area contributed by atoms with Crippen LogP contribution in [0.15, 0.2) is 0 Å². The van der Waals surface area contributed by atoms with Crippen LogP contribution >= 0.6 is 12.4 Å². The third kappa shape index (κ3) is 4.82. The quantitative estimate of drug-likeness (QED) is 0.783. The molecule has 0 radical (unpaired) electrons. The number of carbonyl (C=O) groups excluding carboxylic acids is 1. The number of hydrogen-bond acceptors (Lipinski definition) is 3. The zero-order valence-corrected chi connectivity index (χ0v) is 10.3. The van der Waals surface area contributed by atoms with E-state index in [1.165, 1.54) is 0 Å². The van der Waals surface area contributed by atoms with Gasteiger partial charge >= 0.3 is 0 Å². The van der Waals surface area contributed by atoms with Gasteiger partial charge in [0.25, 0.3) is 0 Å². The van der Waals surface area contributed by atoms with E-state index in [0.29, 0.717) is 32.2 Å². The average Bonchev–Trinajstić information content (AvgIpc) is 2.17. The van der Waals surface area contributed by atoms with Gasteiger partial charge in [-0.25, -0.2) is 0 Å². The lowest BCUT2D eigenvalue weighted by Gasteiger charge is -2.29. The van der Waals surface area contributed by atoms with E-state index in [1.54, 1.807) is 4.90 Å². The summed E-state index contributed by atoms with van der Waals surface area (Å²) in [4.78, 5) is 13.6. The van der Waals surface area contributed by atoms with Gasteiger partial charge in [-0.1, -0.05) is 13.8 Å². The minimum absolute atomic E-state index is 0. The SMILES string of the molecule is CC(C)C[C@@H](N)C(=O)N1CCOCC1.Cl. The van der Waals surface area contributed by atoms with Crippen LogP contribution in [0.3, 0.4) is 0 Å². The lowest BCUT2D eigenvalue weighted by molar-refractivity contribution is -0.137. The molecule has 1 saturated heterocycles. The third-order valence-corrected chi connectivity index (χ3v) is 2.37. The second kappa shape index (κ2) is 7.04. The number of nitrogens with two attached hydrogens (primary N) is 1. The Morgan fingerprint density at radius 3 is 2.40 bits per heavy atom. The van der Waals surface area contributed by atoms with E-state index in [0.717, 1.165) is 6.42 Å². The van der Waals surface area contributed by atoms with Crippen molar-refractivity contribution in [1.29, 1.82) is 0 Å². The topological polar surface area (TPSA) is 55.6 Å². The van der Waals surface area contributed by atoms with Crippen LogP contribution < -0.4 is 5.73 Å². The van der Waals surface area contributed by atoms with Gasteiger partial charge in [0.1, 0.15) is 0 Å². The lowest BCUT2D eigenvalue weighted by atomic mass is 10.0. The van der Waals surface area contributed by atoms with Crippen LogP contribution in [0.1, 0.15) is 20.3 Å².